The average Bonchev–Trinajstić information content (AvgIpc) is 2.78. The Kier molecular flexibility index (Phi) is 3.68. The van der Waals surface area contributed by atoms with E-state index in [0.29, 0.717) is 17.9 Å². The molecular weight excluding hydrogens is 332 g/mol. The molecule has 1 aliphatic carbocycles. The van der Waals surface area contributed by atoms with Gasteiger partial charge < -0.3 is 5.73 Å². The molecule has 3 rings (SSSR count). The van der Waals surface area contributed by atoms with Crippen molar-refractivity contribution in [2.24, 2.45) is 17.1 Å². The fourth-order valence-electron chi connectivity index (χ4n) is 3.36. The van der Waals surface area contributed by atoms with Crippen molar-refractivity contribution >= 4 is 37.5 Å². The number of nitrogens with zero attached hydrogens (tertiary/aromatic N) is 1. The van der Waals surface area contributed by atoms with Gasteiger partial charge in [0.2, 0.25) is 0 Å². The van der Waals surface area contributed by atoms with Crippen LogP contribution in [0, 0.1) is 11.3 Å². The van der Waals surface area contributed by atoms with Gasteiger partial charge in [0, 0.05) is 16.4 Å². The largest absolute Gasteiger partial charge is 0.327 e. The minimum absolute atomic E-state index is 0.211. The highest BCUT2D eigenvalue weighted by Gasteiger charge is 2.43. The van der Waals surface area contributed by atoms with Gasteiger partial charge in [0.15, 0.2) is 0 Å². The normalized spacial score (nSPS) is 29.8. The Bertz CT molecular complexity index is 634. The van der Waals surface area contributed by atoms with Crippen LogP contribution in [0.3, 0.4) is 0 Å². The first-order valence-corrected chi connectivity index (χ1v) is 8.82. The van der Waals surface area contributed by atoms with Gasteiger partial charge in [-0.25, -0.2) is 4.98 Å². The summed E-state index contributed by atoms with van der Waals surface area (Å²) in [6.07, 6.45) is 2.26. The second-order valence-corrected chi connectivity index (χ2v) is 8.55. The van der Waals surface area contributed by atoms with Crippen molar-refractivity contribution in [3.63, 3.8) is 0 Å². The summed E-state index contributed by atoms with van der Waals surface area (Å²) in [6, 6.07) is 6.69. The summed E-state index contributed by atoms with van der Waals surface area (Å²) in [5.74, 6) is 1.05. The standard InChI is InChI=1S/C16H21BrN2S/c1-9-12(18)6-5-11(16(9,2)3)15-19-13-8-10(17)4-7-14(13)20-15/h4,7-9,11-12H,5-6,18H2,1-3H3. The van der Waals surface area contributed by atoms with Gasteiger partial charge in [0.1, 0.15) is 0 Å². The lowest BCUT2D eigenvalue weighted by molar-refractivity contribution is 0.0993. The molecule has 1 saturated carbocycles. The van der Waals surface area contributed by atoms with Crippen LogP contribution in [0.25, 0.3) is 10.2 Å². The van der Waals surface area contributed by atoms with Crippen LogP contribution in [0.15, 0.2) is 22.7 Å². The summed E-state index contributed by atoms with van der Waals surface area (Å²) in [7, 11) is 0. The maximum Gasteiger partial charge on any atom is 0.0974 e. The van der Waals surface area contributed by atoms with Crippen molar-refractivity contribution < 1.29 is 0 Å². The van der Waals surface area contributed by atoms with E-state index in [0.717, 1.165) is 22.8 Å². The highest BCUT2D eigenvalue weighted by molar-refractivity contribution is 9.10. The van der Waals surface area contributed by atoms with E-state index in [4.69, 9.17) is 10.7 Å². The van der Waals surface area contributed by atoms with Crippen LogP contribution < -0.4 is 5.73 Å². The molecule has 108 valence electrons. The smallest absolute Gasteiger partial charge is 0.0974 e. The van der Waals surface area contributed by atoms with Crippen LogP contribution in [0.5, 0.6) is 0 Å². The zero-order valence-electron chi connectivity index (χ0n) is 12.2. The third-order valence-corrected chi connectivity index (χ3v) is 6.81. The molecule has 1 aromatic heterocycles. The van der Waals surface area contributed by atoms with Gasteiger partial charge in [-0.15, -0.1) is 11.3 Å². The van der Waals surface area contributed by atoms with Crippen LogP contribution in [0.1, 0.15) is 44.5 Å². The summed E-state index contributed by atoms with van der Waals surface area (Å²) in [5.41, 5.74) is 7.59. The van der Waals surface area contributed by atoms with Crippen molar-refractivity contribution in [2.75, 3.05) is 0 Å². The van der Waals surface area contributed by atoms with Crippen molar-refractivity contribution in [3.05, 3.63) is 27.7 Å². The first kappa shape index (κ1) is 14.5. The van der Waals surface area contributed by atoms with Gasteiger partial charge in [-0.1, -0.05) is 36.7 Å². The molecule has 3 atom stereocenters. The van der Waals surface area contributed by atoms with Crippen molar-refractivity contribution in [1.82, 2.24) is 4.98 Å². The zero-order chi connectivity index (χ0) is 14.5. The lowest BCUT2D eigenvalue weighted by Gasteiger charge is -2.46. The van der Waals surface area contributed by atoms with Gasteiger partial charge >= 0.3 is 0 Å². The molecule has 1 aromatic carbocycles. The van der Waals surface area contributed by atoms with E-state index in [9.17, 15) is 0 Å². The molecule has 0 bridgehead atoms. The number of thiazole rings is 1. The minimum Gasteiger partial charge on any atom is -0.327 e. The summed E-state index contributed by atoms with van der Waals surface area (Å²) >= 11 is 5.37. The second-order valence-electron chi connectivity index (χ2n) is 6.57. The molecule has 0 radical (unpaired) electrons. The number of hydrogen-bond donors (Lipinski definition) is 1. The van der Waals surface area contributed by atoms with Crippen molar-refractivity contribution in [3.8, 4) is 0 Å². The van der Waals surface area contributed by atoms with E-state index in [1.807, 2.05) is 11.3 Å². The quantitative estimate of drug-likeness (QED) is 0.790. The van der Waals surface area contributed by atoms with Gasteiger partial charge in [-0.05, 0) is 42.4 Å². The zero-order valence-corrected chi connectivity index (χ0v) is 14.6. The number of nitrogens with two attached hydrogens (primary N) is 1. The fraction of sp³-hybridized carbons (Fsp3) is 0.562. The Morgan fingerprint density at radius 3 is 2.85 bits per heavy atom. The molecule has 4 heteroatoms. The Balaban J connectivity index is 2.01. The summed E-state index contributed by atoms with van der Waals surface area (Å²) in [6.45, 7) is 6.99. The van der Waals surface area contributed by atoms with E-state index in [2.05, 4.69) is 54.9 Å². The molecule has 1 heterocycles. The molecular formula is C16H21BrN2S. The van der Waals surface area contributed by atoms with E-state index in [1.54, 1.807) is 0 Å². The van der Waals surface area contributed by atoms with Gasteiger partial charge in [0.05, 0.1) is 15.2 Å². The lowest BCUT2D eigenvalue weighted by atomic mass is 9.61. The third kappa shape index (κ3) is 2.32. The highest BCUT2D eigenvalue weighted by Crippen LogP contribution is 2.51. The fourth-order valence-corrected chi connectivity index (χ4v) is 4.99. The van der Waals surface area contributed by atoms with E-state index < -0.39 is 0 Å². The predicted octanol–water partition coefficient (Wildman–Crippen LogP) is 4.93. The van der Waals surface area contributed by atoms with Crippen LogP contribution in [0.2, 0.25) is 0 Å². The Morgan fingerprint density at radius 2 is 2.10 bits per heavy atom. The van der Waals surface area contributed by atoms with Crippen LogP contribution >= 0.6 is 27.3 Å². The maximum atomic E-state index is 6.27. The van der Waals surface area contributed by atoms with Crippen LogP contribution in [0.4, 0.5) is 0 Å². The topological polar surface area (TPSA) is 38.9 Å². The lowest BCUT2D eigenvalue weighted by Crippen LogP contribution is -2.45. The summed E-state index contributed by atoms with van der Waals surface area (Å²) < 4.78 is 2.38. The second kappa shape index (κ2) is 5.08. The molecule has 2 nitrogen and oxygen atoms in total. The first-order chi connectivity index (χ1) is 9.39. The van der Waals surface area contributed by atoms with Gasteiger partial charge in [-0.3, -0.25) is 0 Å². The molecule has 0 amide bonds. The van der Waals surface area contributed by atoms with E-state index >= 15 is 0 Å². The molecule has 20 heavy (non-hydrogen) atoms. The van der Waals surface area contributed by atoms with E-state index in [-0.39, 0.29) is 5.41 Å². The van der Waals surface area contributed by atoms with Crippen molar-refractivity contribution in [1.29, 1.82) is 0 Å². The number of hydrogen-bond acceptors (Lipinski definition) is 3. The van der Waals surface area contributed by atoms with Crippen molar-refractivity contribution in [2.45, 2.75) is 45.6 Å². The molecule has 3 unspecified atom stereocenters. The minimum atomic E-state index is 0.211. The third-order valence-electron chi connectivity index (χ3n) is 5.17. The molecule has 1 aliphatic rings. The predicted molar refractivity (Wildman–Crippen MR) is 90.2 cm³/mol. The summed E-state index contributed by atoms with van der Waals surface area (Å²) in [4.78, 5) is 4.90. The molecule has 1 fully saturated rings. The molecule has 2 aromatic rings. The Labute approximate surface area is 132 Å². The number of aromatic nitrogens is 1. The monoisotopic (exact) mass is 352 g/mol. The Morgan fingerprint density at radius 1 is 1.35 bits per heavy atom. The average molecular weight is 353 g/mol. The molecule has 2 N–H and O–H groups in total. The van der Waals surface area contributed by atoms with Gasteiger partial charge in [-0.2, -0.15) is 0 Å². The highest BCUT2D eigenvalue weighted by atomic mass is 79.9. The number of fused-ring (bicyclic) bond motifs is 1. The Hall–Kier alpha value is -0.450. The number of benzene rings is 1. The summed E-state index contributed by atoms with van der Waals surface area (Å²) in [5, 5.41) is 1.28. The first-order valence-electron chi connectivity index (χ1n) is 7.21. The van der Waals surface area contributed by atoms with E-state index in [1.165, 1.54) is 9.71 Å². The molecule has 0 aliphatic heterocycles. The molecule has 0 spiro atoms. The number of halogens is 1. The molecule has 0 saturated heterocycles. The number of rotatable bonds is 1. The SMILES string of the molecule is CC1C(N)CCC(c2nc3cc(Br)ccc3s2)C1(C)C. The maximum absolute atomic E-state index is 6.27. The van der Waals surface area contributed by atoms with Gasteiger partial charge in [0.25, 0.3) is 0 Å². The van der Waals surface area contributed by atoms with Crippen LogP contribution in [-0.4, -0.2) is 11.0 Å². The van der Waals surface area contributed by atoms with Crippen LogP contribution in [-0.2, 0) is 0 Å².